The van der Waals surface area contributed by atoms with Crippen LogP contribution in [-0.2, 0) is 5.41 Å². The molecule has 0 aromatic heterocycles. The van der Waals surface area contributed by atoms with E-state index >= 15 is 0 Å². The van der Waals surface area contributed by atoms with Crippen molar-refractivity contribution in [2.45, 2.75) is 58.4 Å². The molecular formula is C25H33ClN2. The summed E-state index contributed by atoms with van der Waals surface area (Å²) in [4.78, 5) is 2.53. The smallest absolute Gasteiger partial charge is 0.0859 e. The summed E-state index contributed by atoms with van der Waals surface area (Å²) in [5.41, 5.74) is 1.76. The van der Waals surface area contributed by atoms with Gasteiger partial charge in [-0.15, -0.1) is 0 Å². The van der Waals surface area contributed by atoms with Gasteiger partial charge in [0.05, 0.1) is 11.5 Å². The highest BCUT2D eigenvalue weighted by atomic mass is 35.5. The molecule has 28 heavy (non-hydrogen) atoms. The maximum Gasteiger partial charge on any atom is 0.0859 e. The van der Waals surface area contributed by atoms with Gasteiger partial charge in [0, 0.05) is 11.1 Å². The fraction of sp³-hybridized carbons (Fsp3) is 0.480. The van der Waals surface area contributed by atoms with E-state index in [2.05, 4.69) is 69.0 Å². The summed E-state index contributed by atoms with van der Waals surface area (Å²) in [7, 11) is 0. The van der Waals surface area contributed by atoms with Gasteiger partial charge in [-0.05, 0) is 62.4 Å². The molecule has 2 aromatic rings. The normalized spacial score (nSPS) is 14.6. The predicted molar refractivity (Wildman–Crippen MR) is 120 cm³/mol. The lowest BCUT2D eigenvalue weighted by atomic mass is 9.70. The molecule has 0 aliphatic rings. The van der Waals surface area contributed by atoms with Crippen molar-refractivity contribution in [2.75, 3.05) is 13.1 Å². The molecule has 0 N–H and O–H groups in total. The first kappa shape index (κ1) is 22.5. The third kappa shape index (κ3) is 5.16. The molecule has 0 saturated heterocycles. The van der Waals surface area contributed by atoms with E-state index in [0.29, 0.717) is 11.1 Å². The number of halogens is 1. The molecule has 150 valence electrons. The molecule has 0 spiro atoms. The average molecular weight is 397 g/mol. The molecule has 2 rings (SSSR count). The Morgan fingerprint density at radius 2 is 1.64 bits per heavy atom. The van der Waals surface area contributed by atoms with Crippen molar-refractivity contribution in [1.29, 1.82) is 5.26 Å². The zero-order valence-corrected chi connectivity index (χ0v) is 18.4. The largest absolute Gasteiger partial charge is 0.297 e. The van der Waals surface area contributed by atoms with Crippen molar-refractivity contribution in [2.24, 2.45) is 5.92 Å². The van der Waals surface area contributed by atoms with Crippen LogP contribution in [0.15, 0.2) is 54.6 Å². The Morgan fingerprint density at radius 1 is 1.00 bits per heavy atom. The molecule has 0 radical (unpaired) electrons. The second-order valence-electron chi connectivity index (χ2n) is 7.94. The predicted octanol–water partition coefficient (Wildman–Crippen LogP) is 7.01. The van der Waals surface area contributed by atoms with Crippen LogP contribution in [0.25, 0.3) is 0 Å². The second-order valence-corrected chi connectivity index (χ2v) is 8.35. The molecule has 2 aromatic carbocycles. The first-order valence-corrected chi connectivity index (χ1v) is 10.8. The van der Waals surface area contributed by atoms with Crippen molar-refractivity contribution in [3.63, 3.8) is 0 Å². The number of benzene rings is 2. The first-order valence-electron chi connectivity index (χ1n) is 10.4. The quantitative estimate of drug-likeness (QED) is 0.431. The van der Waals surface area contributed by atoms with E-state index in [4.69, 9.17) is 11.6 Å². The summed E-state index contributed by atoms with van der Waals surface area (Å²) in [6.07, 6.45) is 2.90. The zero-order chi connectivity index (χ0) is 20.6. The average Bonchev–Trinajstić information content (AvgIpc) is 2.71. The number of nitriles is 1. The van der Waals surface area contributed by atoms with Crippen LogP contribution >= 0.6 is 11.6 Å². The minimum atomic E-state index is -0.549. The van der Waals surface area contributed by atoms with Crippen LogP contribution < -0.4 is 0 Å². The van der Waals surface area contributed by atoms with Gasteiger partial charge in [-0.25, -0.2) is 0 Å². The number of rotatable bonds is 10. The van der Waals surface area contributed by atoms with Crippen LogP contribution in [0.4, 0.5) is 0 Å². The van der Waals surface area contributed by atoms with E-state index in [9.17, 15) is 5.26 Å². The Labute approximate surface area is 176 Å². The van der Waals surface area contributed by atoms with Gasteiger partial charge < -0.3 is 0 Å². The maximum absolute atomic E-state index is 10.2. The van der Waals surface area contributed by atoms with Crippen LogP contribution in [0.1, 0.15) is 64.1 Å². The van der Waals surface area contributed by atoms with Gasteiger partial charge >= 0.3 is 0 Å². The van der Waals surface area contributed by atoms with E-state index in [1.165, 1.54) is 5.56 Å². The molecule has 2 nitrogen and oxygen atoms in total. The van der Waals surface area contributed by atoms with Crippen LogP contribution in [0.3, 0.4) is 0 Å². The molecule has 0 saturated carbocycles. The Kier molecular flexibility index (Phi) is 8.55. The van der Waals surface area contributed by atoms with E-state index in [0.717, 1.165) is 37.9 Å². The summed E-state index contributed by atoms with van der Waals surface area (Å²) < 4.78 is 0. The lowest BCUT2D eigenvalue weighted by Crippen LogP contribution is -2.34. The molecule has 0 aliphatic carbocycles. The van der Waals surface area contributed by atoms with Crippen molar-refractivity contribution in [1.82, 2.24) is 4.90 Å². The van der Waals surface area contributed by atoms with Gasteiger partial charge in [-0.1, -0.05) is 80.9 Å². The van der Waals surface area contributed by atoms with E-state index in [1.807, 2.05) is 24.3 Å². The zero-order valence-electron chi connectivity index (χ0n) is 17.7. The summed E-state index contributed by atoms with van der Waals surface area (Å²) in [6.45, 7) is 10.8. The van der Waals surface area contributed by atoms with E-state index < -0.39 is 5.41 Å². The van der Waals surface area contributed by atoms with Gasteiger partial charge in [-0.3, -0.25) is 4.90 Å². The molecule has 2 atom stereocenters. The summed E-state index contributed by atoms with van der Waals surface area (Å²) in [5, 5.41) is 10.9. The molecule has 0 bridgehead atoms. The van der Waals surface area contributed by atoms with Crippen LogP contribution in [0.2, 0.25) is 5.02 Å². The Bertz CT molecular complexity index is 766. The van der Waals surface area contributed by atoms with Crippen LogP contribution in [0, 0.1) is 17.2 Å². The van der Waals surface area contributed by atoms with Gasteiger partial charge in [0.2, 0.25) is 0 Å². The molecule has 0 fully saturated rings. The van der Waals surface area contributed by atoms with Gasteiger partial charge in [0.15, 0.2) is 0 Å². The molecular weight excluding hydrogens is 364 g/mol. The van der Waals surface area contributed by atoms with Crippen molar-refractivity contribution in [3.05, 3.63) is 70.7 Å². The minimum absolute atomic E-state index is 0.198. The summed E-state index contributed by atoms with van der Waals surface area (Å²) in [6, 6.07) is 21.5. The van der Waals surface area contributed by atoms with Gasteiger partial charge in [0.1, 0.15) is 0 Å². The Hall–Kier alpha value is -1.82. The lowest BCUT2D eigenvalue weighted by Gasteiger charge is -2.34. The van der Waals surface area contributed by atoms with Crippen LogP contribution in [0.5, 0.6) is 0 Å². The Balaban J connectivity index is 2.16. The number of hydrogen-bond acceptors (Lipinski definition) is 2. The molecule has 0 amide bonds. The third-order valence-electron chi connectivity index (χ3n) is 5.90. The fourth-order valence-corrected chi connectivity index (χ4v) is 4.40. The van der Waals surface area contributed by atoms with Gasteiger partial charge in [0.25, 0.3) is 0 Å². The monoisotopic (exact) mass is 396 g/mol. The van der Waals surface area contributed by atoms with Crippen molar-refractivity contribution < 1.29 is 0 Å². The van der Waals surface area contributed by atoms with E-state index in [-0.39, 0.29) is 5.92 Å². The van der Waals surface area contributed by atoms with Crippen molar-refractivity contribution in [3.8, 4) is 6.07 Å². The molecule has 0 aliphatic heterocycles. The summed E-state index contributed by atoms with van der Waals surface area (Å²) in [5.74, 6) is 0.198. The number of nitrogens with zero attached hydrogens (tertiary/aromatic N) is 2. The Morgan fingerprint density at radius 3 is 2.21 bits per heavy atom. The van der Waals surface area contributed by atoms with Crippen LogP contribution in [-0.4, -0.2) is 18.0 Å². The maximum atomic E-state index is 10.2. The minimum Gasteiger partial charge on any atom is -0.297 e. The topological polar surface area (TPSA) is 27.0 Å². The molecule has 2 unspecified atom stereocenters. The summed E-state index contributed by atoms with van der Waals surface area (Å²) >= 11 is 6.49. The highest BCUT2D eigenvalue weighted by Crippen LogP contribution is 2.40. The molecule has 3 heteroatoms. The first-order chi connectivity index (χ1) is 13.5. The highest BCUT2D eigenvalue weighted by molar-refractivity contribution is 6.31. The number of hydrogen-bond donors (Lipinski definition) is 0. The second kappa shape index (κ2) is 10.6. The third-order valence-corrected chi connectivity index (χ3v) is 6.23. The standard InChI is InChI=1S/C25H33ClN2/c1-5-17-28(21(4)22-12-7-6-8-13-22)18-11-16-25(19-27,20(2)3)23-14-9-10-15-24(23)26/h6-10,12-15,20-21H,5,11,16-18H2,1-4H3. The van der Waals surface area contributed by atoms with Gasteiger partial charge in [-0.2, -0.15) is 5.26 Å². The van der Waals surface area contributed by atoms with Crippen molar-refractivity contribution >= 4 is 11.6 Å². The lowest BCUT2D eigenvalue weighted by molar-refractivity contribution is 0.198. The van der Waals surface area contributed by atoms with E-state index in [1.54, 1.807) is 0 Å². The molecule has 0 heterocycles. The highest BCUT2D eigenvalue weighted by Gasteiger charge is 2.37. The fourth-order valence-electron chi connectivity index (χ4n) is 4.09. The SMILES string of the molecule is CCCN(CCCC(C#N)(c1ccccc1Cl)C(C)C)C(C)c1ccccc1.